The Morgan fingerprint density at radius 1 is 1.21 bits per heavy atom. The number of aliphatic hydroxyl groups excluding tert-OH is 3. The molecule has 5 N–H and O–H groups in total. The van der Waals surface area contributed by atoms with E-state index in [9.17, 15) is 20.4 Å². The largest absolute Gasteiger partial charge is 0.504 e. The highest BCUT2D eigenvalue weighted by molar-refractivity contribution is 5.82. The normalized spacial score (nSPS) is 24.1. The number of ether oxygens (including phenoxy) is 2. The summed E-state index contributed by atoms with van der Waals surface area (Å²) in [5.41, 5.74) is 1.71. The van der Waals surface area contributed by atoms with Crippen LogP contribution in [0.15, 0.2) is 30.9 Å². The highest BCUT2D eigenvalue weighted by Gasteiger charge is 2.44. The van der Waals surface area contributed by atoms with Gasteiger partial charge in [-0.25, -0.2) is 15.0 Å². The van der Waals surface area contributed by atoms with Gasteiger partial charge in [0.15, 0.2) is 34.7 Å². The first-order chi connectivity index (χ1) is 14.0. The molecule has 3 heterocycles. The van der Waals surface area contributed by atoms with Crippen LogP contribution in [0.3, 0.4) is 0 Å². The van der Waals surface area contributed by atoms with E-state index in [1.54, 1.807) is 18.2 Å². The number of benzene rings is 1. The highest BCUT2D eigenvalue weighted by Crippen LogP contribution is 2.32. The minimum atomic E-state index is -1.24. The molecule has 1 aliphatic rings. The first-order valence-corrected chi connectivity index (χ1v) is 8.93. The maximum Gasteiger partial charge on any atom is 0.167 e. The fraction of sp³-hybridized carbons (Fsp3) is 0.389. The molecule has 29 heavy (non-hydrogen) atoms. The fourth-order valence-electron chi connectivity index (χ4n) is 3.30. The van der Waals surface area contributed by atoms with E-state index in [0.29, 0.717) is 29.3 Å². The van der Waals surface area contributed by atoms with Crippen molar-refractivity contribution in [1.82, 2.24) is 19.5 Å². The predicted octanol–water partition coefficient (Wildman–Crippen LogP) is -0.236. The van der Waals surface area contributed by atoms with Gasteiger partial charge in [0.2, 0.25) is 0 Å². The zero-order chi connectivity index (χ0) is 20.5. The van der Waals surface area contributed by atoms with Crippen molar-refractivity contribution in [2.24, 2.45) is 0 Å². The van der Waals surface area contributed by atoms with Crippen LogP contribution >= 0.6 is 0 Å². The number of rotatable bonds is 6. The van der Waals surface area contributed by atoms with Gasteiger partial charge in [-0.3, -0.25) is 4.57 Å². The average Bonchev–Trinajstić information content (AvgIpc) is 3.29. The van der Waals surface area contributed by atoms with Crippen LogP contribution in [-0.2, 0) is 11.3 Å². The van der Waals surface area contributed by atoms with Crippen LogP contribution in [0.1, 0.15) is 11.8 Å². The Hall–Kier alpha value is -2.99. The van der Waals surface area contributed by atoms with E-state index in [1.165, 1.54) is 24.3 Å². The molecule has 4 rings (SSSR count). The van der Waals surface area contributed by atoms with Crippen molar-refractivity contribution in [3.8, 4) is 11.5 Å². The minimum Gasteiger partial charge on any atom is -0.504 e. The molecule has 0 saturated carbocycles. The molecule has 1 fully saturated rings. The summed E-state index contributed by atoms with van der Waals surface area (Å²) in [7, 11) is 1.48. The van der Waals surface area contributed by atoms with Crippen LogP contribution in [0.2, 0.25) is 0 Å². The summed E-state index contributed by atoms with van der Waals surface area (Å²) in [6.45, 7) is -0.0251. The second-order valence-corrected chi connectivity index (χ2v) is 6.63. The molecule has 3 aromatic rings. The first-order valence-electron chi connectivity index (χ1n) is 8.93. The Labute approximate surface area is 165 Å². The lowest BCUT2D eigenvalue weighted by atomic mass is 10.1. The molecule has 1 saturated heterocycles. The van der Waals surface area contributed by atoms with Gasteiger partial charge in [0.05, 0.1) is 20.0 Å². The van der Waals surface area contributed by atoms with Crippen molar-refractivity contribution >= 4 is 17.0 Å². The Morgan fingerprint density at radius 3 is 2.76 bits per heavy atom. The number of hydrogen-bond acceptors (Lipinski definition) is 10. The number of aromatic nitrogens is 4. The fourth-order valence-corrected chi connectivity index (χ4v) is 3.30. The minimum absolute atomic E-state index is 0.0536. The molecule has 0 amide bonds. The Kier molecular flexibility index (Phi) is 5.20. The van der Waals surface area contributed by atoms with Gasteiger partial charge in [0.1, 0.15) is 24.6 Å². The van der Waals surface area contributed by atoms with Gasteiger partial charge in [-0.2, -0.15) is 0 Å². The van der Waals surface area contributed by atoms with Crippen LogP contribution in [-0.4, -0.2) is 72.0 Å². The van der Waals surface area contributed by atoms with Crippen molar-refractivity contribution in [2.75, 3.05) is 19.0 Å². The number of imidazole rings is 1. The summed E-state index contributed by atoms with van der Waals surface area (Å²) >= 11 is 0. The molecule has 4 atom stereocenters. The molecule has 11 nitrogen and oxygen atoms in total. The number of anilines is 1. The van der Waals surface area contributed by atoms with Crippen LogP contribution < -0.4 is 10.1 Å². The topological polar surface area (TPSA) is 155 Å². The predicted molar refractivity (Wildman–Crippen MR) is 100 cm³/mol. The third-order valence-corrected chi connectivity index (χ3v) is 4.85. The number of phenolic OH excluding ortho intramolecular Hbond substituents is 1. The quantitative estimate of drug-likeness (QED) is 0.372. The van der Waals surface area contributed by atoms with E-state index in [1.807, 2.05) is 0 Å². The molecule has 0 bridgehead atoms. The lowest BCUT2D eigenvalue weighted by molar-refractivity contribution is -0.0511. The van der Waals surface area contributed by atoms with Crippen molar-refractivity contribution in [3.63, 3.8) is 0 Å². The standard InChI is InChI=1S/C18H21N5O6/c1-28-11-4-9(2-3-10(11)25)5-19-16-13-17(21-7-20-16)23(8-22-13)18-15(27)14(26)12(6-24)29-18/h2-4,7-8,12,14-15,18,24-27H,5-6H2,1H3,(H,19,20,21)/t12-,14?,15?,18-/m1/s1. The number of aliphatic hydroxyl groups is 3. The van der Waals surface area contributed by atoms with Crippen molar-refractivity contribution in [1.29, 1.82) is 0 Å². The summed E-state index contributed by atoms with van der Waals surface area (Å²) in [5.74, 6) is 0.885. The highest BCUT2D eigenvalue weighted by atomic mass is 16.6. The van der Waals surface area contributed by atoms with Gasteiger partial charge in [-0.1, -0.05) is 6.07 Å². The molecule has 0 spiro atoms. The van der Waals surface area contributed by atoms with E-state index < -0.39 is 31.1 Å². The Bertz CT molecular complexity index is 1010. The lowest BCUT2D eigenvalue weighted by Crippen LogP contribution is -2.33. The van der Waals surface area contributed by atoms with Crippen LogP contribution in [0.4, 0.5) is 5.82 Å². The van der Waals surface area contributed by atoms with E-state index in [0.717, 1.165) is 5.56 Å². The number of nitrogens with zero attached hydrogens (tertiary/aromatic N) is 4. The van der Waals surface area contributed by atoms with Gasteiger partial charge >= 0.3 is 0 Å². The van der Waals surface area contributed by atoms with E-state index in [2.05, 4.69) is 20.3 Å². The van der Waals surface area contributed by atoms with Crippen LogP contribution in [0.25, 0.3) is 11.2 Å². The SMILES string of the molecule is COc1cc(CNc2ncnc3c2ncn3[C@@H]2O[C@H](CO)C(O)C2O)ccc1O. The number of nitrogens with one attached hydrogen (secondary N) is 1. The van der Waals surface area contributed by atoms with E-state index in [-0.39, 0.29) is 5.75 Å². The number of aromatic hydroxyl groups is 1. The summed E-state index contributed by atoms with van der Waals surface area (Å²) in [4.78, 5) is 12.7. The van der Waals surface area contributed by atoms with Crippen molar-refractivity contribution in [3.05, 3.63) is 36.4 Å². The van der Waals surface area contributed by atoms with Crippen molar-refractivity contribution < 1.29 is 29.9 Å². The number of methoxy groups -OCH3 is 1. The first kappa shape index (κ1) is 19.3. The average molecular weight is 403 g/mol. The Morgan fingerprint density at radius 2 is 2.03 bits per heavy atom. The smallest absolute Gasteiger partial charge is 0.167 e. The van der Waals surface area contributed by atoms with Gasteiger partial charge in [-0.05, 0) is 17.7 Å². The van der Waals surface area contributed by atoms with Gasteiger partial charge in [-0.15, -0.1) is 0 Å². The molecule has 1 aromatic carbocycles. The van der Waals surface area contributed by atoms with Gasteiger partial charge in [0.25, 0.3) is 0 Å². The zero-order valence-electron chi connectivity index (χ0n) is 15.5. The van der Waals surface area contributed by atoms with Crippen molar-refractivity contribution in [2.45, 2.75) is 31.1 Å². The molecule has 0 radical (unpaired) electrons. The molecular weight excluding hydrogens is 382 g/mol. The number of fused-ring (bicyclic) bond motifs is 1. The van der Waals surface area contributed by atoms with Gasteiger partial charge < -0.3 is 35.2 Å². The maximum atomic E-state index is 10.3. The molecule has 0 aliphatic carbocycles. The molecule has 2 aromatic heterocycles. The molecule has 1 aliphatic heterocycles. The maximum absolute atomic E-state index is 10.3. The summed E-state index contributed by atoms with van der Waals surface area (Å²) in [5, 5.41) is 42.4. The number of phenols is 1. The monoisotopic (exact) mass is 403 g/mol. The third-order valence-electron chi connectivity index (χ3n) is 4.85. The molecule has 154 valence electrons. The third kappa shape index (κ3) is 3.44. The second-order valence-electron chi connectivity index (χ2n) is 6.63. The van der Waals surface area contributed by atoms with E-state index in [4.69, 9.17) is 9.47 Å². The number of hydrogen-bond donors (Lipinski definition) is 5. The van der Waals surface area contributed by atoms with Crippen LogP contribution in [0, 0.1) is 0 Å². The second kappa shape index (κ2) is 7.79. The molecular formula is C18H21N5O6. The summed E-state index contributed by atoms with van der Waals surface area (Å²) in [6, 6.07) is 5.00. The summed E-state index contributed by atoms with van der Waals surface area (Å²) in [6.07, 6.45) is -1.49. The van der Waals surface area contributed by atoms with E-state index >= 15 is 0 Å². The molecule has 2 unspecified atom stereocenters. The van der Waals surface area contributed by atoms with Gasteiger partial charge in [0, 0.05) is 6.54 Å². The molecule has 11 heteroatoms. The Balaban J connectivity index is 1.58. The summed E-state index contributed by atoms with van der Waals surface area (Å²) < 4.78 is 12.2. The van der Waals surface area contributed by atoms with Crippen LogP contribution in [0.5, 0.6) is 11.5 Å². The zero-order valence-corrected chi connectivity index (χ0v) is 15.5. The lowest BCUT2D eigenvalue weighted by Gasteiger charge is -2.16.